The molecule has 2 aromatic heterocycles. The number of nitrogens with zero attached hydrogens (tertiary/aromatic N) is 2. The fraction of sp³-hybridized carbons (Fsp3) is 0.0714. The average Bonchev–Trinajstić information content (AvgIpc) is 2.90. The van der Waals surface area contributed by atoms with Crippen molar-refractivity contribution in [2.75, 3.05) is 5.75 Å². The summed E-state index contributed by atoms with van der Waals surface area (Å²) in [5.74, 6) is -0.786. The zero-order valence-electron chi connectivity index (χ0n) is 10.8. The number of pyridine rings is 1. The maximum atomic E-state index is 11.7. The maximum Gasteiger partial charge on any atom is 0.354 e. The number of carbonyl (C=O) groups is 1. The predicted octanol–water partition coefficient (Wildman–Crippen LogP) is 1.82. The fourth-order valence-corrected chi connectivity index (χ4v) is 2.78. The van der Waals surface area contributed by atoms with Crippen LogP contribution in [0.5, 0.6) is 0 Å². The molecule has 1 atom stereocenters. The van der Waals surface area contributed by atoms with Gasteiger partial charge in [0.1, 0.15) is 11.3 Å². The molecule has 0 radical (unpaired) electrons. The van der Waals surface area contributed by atoms with Crippen molar-refractivity contribution in [3.05, 3.63) is 42.7 Å². The Morgan fingerprint density at radius 2 is 2.05 bits per heavy atom. The summed E-state index contributed by atoms with van der Waals surface area (Å²) in [5, 5.41) is 8.64. The number of carboxylic acid groups (broad SMARTS) is 1. The molecule has 0 saturated heterocycles. The minimum atomic E-state index is -1.53. The Labute approximate surface area is 123 Å². The molecule has 1 unspecified atom stereocenters. The quantitative estimate of drug-likeness (QED) is 0.716. The number of rotatable bonds is 4. The number of H-pyrrole nitrogens is 1. The first-order chi connectivity index (χ1) is 10.1. The molecule has 6 nitrogen and oxygen atoms in total. The molecule has 2 N–H and O–H groups in total. The van der Waals surface area contributed by atoms with Gasteiger partial charge in [0.25, 0.3) is 0 Å². The summed E-state index contributed by atoms with van der Waals surface area (Å²) in [6, 6.07) is 8.67. The van der Waals surface area contributed by atoms with Crippen molar-refractivity contribution in [3.63, 3.8) is 0 Å². The van der Waals surface area contributed by atoms with E-state index >= 15 is 0 Å². The van der Waals surface area contributed by atoms with Gasteiger partial charge < -0.3 is 14.6 Å². The van der Waals surface area contributed by atoms with Gasteiger partial charge in [0.05, 0.1) is 11.7 Å². The standard InChI is InChI=1S/C14H11N3O3S/c18-13(19)8-21(20)10-3-1-9(2-4-10)14-16-11-5-6-15-7-12(11)17-14/h1-7H,8H2,(H,16,17)(H,18,19). The second-order valence-corrected chi connectivity index (χ2v) is 5.84. The molecular formula is C14H11N3O3S. The molecule has 0 bridgehead atoms. The monoisotopic (exact) mass is 301 g/mol. The highest BCUT2D eigenvalue weighted by atomic mass is 32.2. The topological polar surface area (TPSA) is 102 Å². The van der Waals surface area contributed by atoms with Crippen LogP contribution in [0.15, 0.2) is 47.6 Å². The SMILES string of the molecule is O=C(O)C[S+]([O-])c1ccc(-c2nc3cnccc3[nH]2)cc1. The molecule has 106 valence electrons. The highest BCUT2D eigenvalue weighted by Gasteiger charge is 2.15. The molecule has 7 heteroatoms. The summed E-state index contributed by atoms with van der Waals surface area (Å²) >= 11 is -1.53. The van der Waals surface area contributed by atoms with Crippen molar-refractivity contribution in [2.45, 2.75) is 4.90 Å². The van der Waals surface area contributed by atoms with E-state index in [0.717, 1.165) is 16.6 Å². The number of benzene rings is 1. The number of aromatic amines is 1. The first-order valence-corrected chi connectivity index (χ1v) is 7.46. The second-order valence-electron chi connectivity index (χ2n) is 4.39. The summed E-state index contributed by atoms with van der Waals surface area (Å²) in [7, 11) is 0. The third-order valence-electron chi connectivity index (χ3n) is 2.93. The van der Waals surface area contributed by atoms with E-state index in [1.54, 1.807) is 36.7 Å². The molecule has 0 saturated carbocycles. The average molecular weight is 301 g/mol. The Bertz CT molecular complexity index is 753. The van der Waals surface area contributed by atoms with E-state index < -0.39 is 22.9 Å². The second kappa shape index (κ2) is 5.55. The first-order valence-electron chi connectivity index (χ1n) is 6.14. The van der Waals surface area contributed by atoms with Gasteiger partial charge in [0.15, 0.2) is 4.90 Å². The third-order valence-corrected chi connectivity index (χ3v) is 4.24. The molecule has 0 aliphatic heterocycles. The van der Waals surface area contributed by atoms with Crippen LogP contribution in [0.25, 0.3) is 22.4 Å². The maximum absolute atomic E-state index is 11.7. The van der Waals surface area contributed by atoms with Crippen LogP contribution in [0.3, 0.4) is 0 Å². The summed E-state index contributed by atoms with van der Waals surface area (Å²) in [4.78, 5) is 22.6. The molecule has 3 aromatic rings. The Morgan fingerprint density at radius 3 is 2.71 bits per heavy atom. The molecule has 0 amide bonds. The highest BCUT2D eigenvalue weighted by Crippen LogP contribution is 2.21. The number of hydrogen-bond donors (Lipinski definition) is 2. The van der Waals surface area contributed by atoms with E-state index in [9.17, 15) is 9.35 Å². The predicted molar refractivity (Wildman–Crippen MR) is 78.2 cm³/mol. The van der Waals surface area contributed by atoms with Gasteiger partial charge in [-0.15, -0.1) is 0 Å². The van der Waals surface area contributed by atoms with Crippen LogP contribution >= 0.6 is 0 Å². The molecule has 1 aromatic carbocycles. The summed E-state index contributed by atoms with van der Waals surface area (Å²) < 4.78 is 11.7. The van der Waals surface area contributed by atoms with Crippen molar-refractivity contribution < 1.29 is 14.5 Å². The van der Waals surface area contributed by atoms with Crippen LogP contribution in [0, 0.1) is 0 Å². The number of nitrogens with one attached hydrogen (secondary N) is 1. The molecule has 3 rings (SSSR count). The van der Waals surface area contributed by atoms with E-state index in [1.165, 1.54) is 0 Å². The van der Waals surface area contributed by atoms with Gasteiger partial charge in [-0.25, -0.2) is 9.78 Å². The number of fused-ring (bicyclic) bond motifs is 1. The molecule has 0 aliphatic carbocycles. The van der Waals surface area contributed by atoms with Crippen molar-refractivity contribution in [1.82, 2.24) is 15.0 Å². The lowest BCUT2D eigenvalue weighted by Gasteiger charge is -2.07. The van der Waals surface area contributed by atoms with E-state index in [0.29, 0.717) is 10.7 Å². The third kappa shape index (κ3) is 2.88. The van der Waals surface area contributed by atoms with Gasteiger partial charge in [0.2, 0.25) is 5.75 Å². The lowest BCUT2D eigenvalue weighted by Crippen LogP contribution is -2.15. The van der Waals surface area contributed by atoms with Crippen molar-refractivity contribution in [1.29, 1.82) is 0 Å². The highest BCUT2D eigenvalue weighted by molar-refractivity contribution is 7.92. The Hall–Kier alpha value is -2.38. The van der Waals surface area contributed by atoms with Gasteiger partial charge in [-0.2, -0.15) is 0 Å². The molecule has 2 heterocycles. The lowest BCUT2D eigenvalue weighted by atomic mass is 10.2. The van der Waals surface area contributed by atoms with Crippen molar-refractivity contribution in [3.8, 4) is 11.4 Å². The normalized spacial score (nSPS) is 12.4. The summed E-state index contributed by atoms with van der Waals surface area (Å²) in [5.41, 5.74) is 2.49. The Kier molecular flexibility index (Phi) is 3.59. The minimum absolute atomic E-state index is 0.393. The van der Waals surface area contributed by atoms with Crippen LogP contribution in [0.1, 0.15) is 0 Å². The van der Waals surface area contributed by atoms with Crippen molar-refractivity contribution in [2.24, 2.45) is 0 Å². The zero-order valence-corrected chi connectivity index (χ0v) is 11.6. The molecule has 0 spiro atoms. The van der Waals surface area contributed by atoms with Gasteiger partial charge in [-0.1, -0.05) is 0 Å². The lowest BCUT2D eigenvalue weighted by molar-refractivity contribution is -0.134. The fourth-order valence-electron chi connectivity index (χ4n) is 1.95. The smallest absolute Gasteiger partial charge is 0.354 e. The van der Waals surface area contributed by atoms with Gasteiger partial charge in [-0.3, -0.25) is 4.98 Å². The molecule has 0 fully saturated rings. The number of hydrogen-bond acceptors (Lipinski definition) is 4. The Morgan fingerprint density at radius 1 is 1.29 bits per heavy atom. The van der Waals surface area contributed by atoms with Crippen LogP contribution in [-0.2, 0) is 16.0 Å². The minimum Gasteiger partial charge on any atom is -0.611 e. The van der Waals surface area contributed by atoms with Crippen molar-refractivity contribution >= 4 is 28.2 Å². The van der Waals surface area contributed by atoms with Crippen LogP contribution in [-0.4, -0.2) is 36.3 Å². The Balaban J connectivity index is 1.88. The van der Waals surface area contributed by atoms with Gasteiger partial charge >= 0.3 is 5.97 Å². The van der Waals surface area contributed by atoms with Crippen LogP contribution < -0.4 is 0 Å². The van der Waals surface area contributed by atoms with Gasteiger partial charge in [-0.05, 0) is 41.5 Å². The first kappa shape index (κ1) is 13.6. The molecule has 21 heavy (non-hydrogen) atoms. The summed E-state index contributed by atoms with van der Waals surface area (Å²) in [6.07, 6.45) is 3.36. The van der Waals surface area contributed by atoms with E-state index in [1.807, 2.05) is 6.07 Å². The van der Waals surface area contributed by atoms with E-state index in [4.69, 9.17) is 5.11 Å². The van der Waals surface area contributed by atoms with Gasteiger partial charge in [0, 0.05) is 11.8 Å². The zero-order chi connectivity index (χ0) is 14.8. The number of aromatic nitrogens is 3. The van der Waals surface area contributed by atoms with E-state index in [2.05, 4.69) is 15.0 Å². The summed E-state index contributed by atoms with van der Waals surface area (Å²) in [6.45, 7) is 0. The van der Waals surface area contributed by atoms with E-state index in [-0.39, 0.29) is 0 Å². The van der Waals surface area contributed by atoms with Crippen LogP contribution in [0.4, 0.5) is 0 Å². The number of carboxylic acids is 1. The number of imidazole rings is 1. The molecular weight excluding hydrogens is 290 g/mol. The number of aliphatic carboxylic acids is 1. The largest absolute Gasteiger partial charge is 0.611 e. The van der Waals surface area contributed by atoms with Crippen LogP contribution in [0.2, 0.25) is 0 Å². The molecule has 0 aliphatic rings.